The van der Waals surface area contributed by atoms with Crippen molar-refractivity contribution in [2.24, 2.45) is 0 Å². The first-order chi connectivity index (χ1) is 24.3. The largest absolute Gasteiger partial charge is 0.497 e. The molecule has 0 saturated heterocycles. The van der Waals surface area contributed by atoms with E-state index in [9.17, 15) is 14.4 Å². The Morgan fingerprint density at radius 1 is 0.840 bits per heavy atom. The minimum absolute atomic E-state index is 0.00273. The Kier molecular flexibility index (Phi) is 12.3. The molecule has 0 fully saturated rings. The standard InChI is InChI=1S/C38H36N4O6S2/c1-5-34(37(45)42-38-41-32(23-49-38)25-13-9-15-28(19-25)46-2)50-30-16-10-14-27(21-30)39-36(44)31(40-35(43)24-11-7-6-8-12-24)20-26-17-18-29(47-3)22-33(26)48-4/h6-23,34H,5H2,1-4H3,(H,39,44)(H,40,43)(H,41,42,45)/b31-20+. The Morgan fingerprint density at radius 3 is 2.34 bits per heavy atom. The van der Waals surface area contributed by atoms with Crippen molar-refractivity contribution < 1.29 is 28.6 Å². The predicted molar refractivity (Wildman–Crippen MR) is 199 cm³/mol. The molecule has 256 valence electrons. The monoisotopic (exact) mass is 708 g/mol. The Balaban J connectivity index is 1.30. The number of thiazole rings is 1. The molecule has 0 radical (unpaired) electrons. The minimum Gasteiger partial charge on any atom is -0.497 e. The van der Waals surface area contributed by atoms with Crippen molar-refractivity contribution in [3.8, 4) is 28.5 Å². The summed E-state index contributed by atoms with van der Waals surface area (Å²) in [5.41, 5.74) is 3.07. The van der Waals surface area contributed by atoms with Gasteiger partial charge in [0.25, 0.3) is 11.8 Å². The van der Waals surface area contributed by atoms with Gasteiger partial charge in [0.15, 0.2) is 5.13 Å². The molecule has 0 aliphatic heterocycles. The second kappa shape index (κ2) is 17.2. The Morgan fingerprint density at radius 2 is 1.60 bits per heavy atom. The third kappa shape index (κ3) is 9.30. The van der Waals surface area contributed by atoms with E-state index in [1.165, 1.54) is 30.2 Å². The van der Waals surface area contributed by atoms with Crippen molar-refractivity contribution in [1.82, 2.24) is 10.3 Å². The lowest BCUT2D eigenvalue weighted by Crippen LogP contribution is -2.30. The van der Waals surface area contributed by atoms with Crippen molar-refractivity contribution in [2.45, 2.75) is 23.5 Å². The molecule has 0 spiro atoms. The molecule has 0 saturated carbocycles. The van der Waals surface area contributed by atoms with E-state index in [0.29, 0.717) is 39.9 Å². The van der Waals surface area contributed by atoms with Crippen molar-refractivity contribution in [1.29, 1.82) is 0 Å². The number of carbonyl (C=O) groups excluding carboxylic acids is 3. The SMILES string of the molecule is CCC(Sc1cccc(NC(=O)/C(=C\c2ccc(OC)cc2OC)NC(=O)c2ccccc2)c1)C(=O)Nc1nc(-c2cccc(OC)c2)cs1. The highest BCUT2D eigenvalue weighted by Crippen LogP contribution is 2.31. The van der Waals surface area contributed by atoms with Gasteiger partial charge in [0.2, 0.25) is 5.91 Å². The van der Waals surface area contributed by atoms with E-state index >= 15 is 0 Å². The van der Waals surface area contributed by atoms with Crippen LogP contribution in [0, 0.1) is 0 Å². The fourth-order valence-electron chi connectivity index (χ4n) is 4.80. The third-order valence-corrected chi connectivity index (χ3v) is 9.52. The van der Waals surface area contributed by atoms with Crippen LogP contribution in [0.3, 0.4) is 0 Å². The number of ether oxygens (including phenoxy) is 3. The molecular formula is C38H36N4O6S2. The zero-order valence-corrected chi connectivity index (χ0v) is 29.5. The van der Waals surface area contributed by atoms with Crippen molar-refractivity contribution >= 4 is 57.7 Å². The zero-order valence-electron chi connectivity index (χ0n) is 27.9. The van der Waals surface area contributed by atoms with E-state index in [4.69, 9.17) is 14.2 Å². The van der Waals surface area contributed by atoms with Gasteiger partial charge in [0, 0.05) is 38.7 Å². The second-order valence-corrected chi connectivity index (χ2v) is 12.9. The van der Waals surface area contributed by atoms with Gasteiger partial charge in [-0.2, -0.15) is 0 Å². The van der Waals surface area contributed by atoms with Gasteiger partial charge in [-0.15, -0.1) is 23.1 Å². The number of hydrogen-bond donors (Lipinski definition) is 3. The molecule has 0 bridgehead atoms. The van der Waals surface area contributed by atoms with Crippen LogP contribution in [0.15, 0.2) is 113 Å². The number of nitrogens with zero attached hydrogens (tertiary/aromatic N) is 1. The Hall–Kier alpha value is -5.59. The summed E-state index contributed by atoms with van der Waals surface area (Å²) in [6.07, 6.45) is 2.10. The predicted octanol–water partition coefficient (Wildman–Crippen LogP) is 7.75. The number of amides is 3. The van der Waals surface area contributed by atoms with Crippen LogP contribution >= 0.6 is 23.1 Å². The van der Waals surface area contributed by atoms with Gasteiger partial charge in [-0.3, -0.25) is 14.4 Å². The maximum Gasteiger partial charge on any atom is 0.272 e. The highest BCUT2D eigenvalue weighted by atomic mass is 32.2. The molecule has 5 rings (SSSR count). The number of thioether (sulfide) groups is 1. The van der Waals surface area contributed by atoms with Crippen LogP contribution in [0.5, 0.6) is 17.2 Å². The van der Waals surface area contributed by atoms with Crippen LogP contribution in [0.25, 0.3) is 17.3 Å². The van der Waals surface area contributed by atoms with Crippen LogP contribution in [-0.2, 0) is 9.59 Å². The highest BCUT2D eigenvalue weighted by Gasteiger charge is 2.21. The number of methoxy groups -OCH3 is 3. The molecule has 1 unspecified atom stereocenters. The normalized spacial score (nSPS) is 11.6. The lowest BCUT2D eigenvalue weighted by molar-refractivity contribution is -0.116. The summed E-state index contributed by atoms with van der Waals surface area (Å²) in [7, 11) is 4.67. The van der Waals surface area contributed by atoms with Gasteiger partial charge in [-0.1, -0.05) is 43.3 Å². The van der Waals surface area contributed by atoms with Gasteiger partial charge in [0.1, 0.15) is 22.9 Å². The fraction of sp³-hybridized carbons (Fsp3) is 0.158. The fourth-order valence-corrected chi connectivity index (χ4v) is 6.54. The number of nitrogens with one attached hydrogen (secondary N) is 3. The molecule has 1 heterocycles. The lowest BCUT2D eigenvalue weighted by Gasteiger charge is -2.15. The zero-order chi connectivity index (χ0) is 35.5. The number of carbonyl (C=O) groups is 3. The topological polar surface area (TPSA) is 128 Å². The van der Waals surface area contributed by atoms with Crippen LogP contribution in [0.2, 0.25) is 0 Å². The molecule has 1 atom stereocenters. The molecule has 3 N–H and O–H groups in total. The highest BCUT2D eigenvalue weighted by molar-refractivity contribution is 8.00. The van der Waals surface area contributed by atoms with Gasteiger partial charge in [-0.05, 0) is 67.1 Å². The summed E-state index contributed by atoms with van der Waals surface area (Å²) in [4.78, 5) is 45.5. The summed E-state index contributed by atoms with van der Waals surface area (Å²) >= 11 is 2.73. The molecule has 1 aromatic heterocycles. The average molecular weight is 709 g/mol. The lowest BCUT2D eigenvalue weighted by atomic mass is 10.1. The number of rotatable bonds is 14. The van der Waals surface area contributed by atoms with E-state index in [0.717, 1.165) is 21.9 Å². The molecule has 10 nitrogen and oxygen atoms in total. The maximum absolute atomic E-state index is 13.7. The Labute approximate surface area is 298 Å². The van der Waals surface area contributed by atoms with Crippen LogP contribution in [-0.4, -0.2) is 49.3 Å². The van der Waals surface area contributed by atoms with E-state index < -0.39 is 17.1 Å². The number of benzene rings is 4. The van der Waals surface area contributed by atoms with Gasteiger partial charge in [0.05, 0.1) is 32.3 Å². The molecule has 4 aromatic carbocycles. The third-order valence-electron chi connectivity index (χ3n) is 7.40. The summed E-state index contributed by atoms with van der Waals surface area (Å²) < 4.78 is 16.1. The average Bonchev–Trinajstić information content (AvgIpc) is 3.62. The van der Waals surface area contributed by atoms with Gasteiger partial charge < -0.3 is 30.2 Å². The van der Waals surface area contributed by atoms with E-state index in [1.54, 1.807) is 87.0 Å². The van der Waals surface area contributed by atoms with Crippen molar-refractivity contribution in [2.75, 3.05) is 32.0 Å². The maximum atomic E-state index is 13.7. The first-order valence-corrected chi connectivity index (χ1v) is 17.3. The van der Waals surface area contributed by atoms with E-state index in [1.807, 2.05) is 42.6 Å². The van der Waals surface area contributed by atoms with Crippen molar-refractivity contribution in [3.05, 3.63) is 119 Å². The quantitative estimate of drug-likeness (QED) is 0.0790. The summed E-state index contributed by atoms with van der Waals surface area (Å²) in [6.45, 7) is 1.94. The first-order valence-electron chi connectivity index (χ1n) is 15.6. The summed E-state index contributed by atoms with van der Waals surface area (Å²) in [6, 6.07) is 28.5. The Bertz CT molecular complexity index is 2000. The van der Waals surface area contributed by atoms with Crippen LogP contribution < -0.4 is 30.2 Å². The van der Waals surface area contributed by atoms with Gasteiger partial charge >= 0.3 is 0 Å². The smallest absolute Gasteiger partial charge is 0.272 e. The molecule has 5 aromatic rings. The molecule has 50 heavy (non-hydrogen) atoms. The molecule has 3 amide bonds. The van der Waals surface area contributed by atoms with Crippen LogP contribution in [0.4, 0.5) is 10.8 Å². The molecule has 0 aliphatic carbocycles. The number of anilines is 2. The molecular weight excluding hydrogens is 673 g/mol. The minimum atomic E-state index is -0.547. The number of hydrogen-bond acceptors (Lipinski definition) is 9. The number of aromatic nitrogens is 1. The summed E-state index contributed by atoms with van der Waals surface area (Å²) in [5.74, 6) is 0.590. The second-order valence-electron chi connectivity index (χ2n) is 10.7. The van der Waals surface area contributed by atoms with Crippen molar-refractivity contribution in [3.63, 3.8) is 0 Å². The van der Waals surface area contributed by atoms with Crippen LogP contribution in [0.1, 0.15) is 29.3 Å². The molecule has 0 aliphatic rings. The van der Waals surface area contributed by atoms with Gasteiger partial charge in [-0.25, -0.2) is 4.98 Å². The van der Waals surface area contributed by atoms with E-state index in [2.05, 4.69) is 20.9 Å². The molecule has 12 heteroatoms. The first kappa shape index (κ1) is 35.7. The summed E-state index contributed by atoms with van der Waals surface area (Å²) in [5, 5.41) is 10.5. The van der Waals surface area contributed by atoms with E-state index in [-0.39, 0.29) is 11.6 Å².